The Morgan fingerprint density at radius 1 is 1.33 bits per heavy atom. The zero-order valence-corrected chi connectivity index (χ0v) is 16.5. The first-order chi connectivity index (χ1) is 14.6. The highest BCUT2D eigenvalue weighted by Gasteiger charge is 2.48. The van der Waals surface area contributed by atoms with E-state index in [0.717, 1.165) is 48.2 Å². The third kappa shape index (κ3) is 2.98. The topological polar surface area (TPSA) is 133 Å². The van der Waals surface area contributed by atoms with Gasteiger partial charge in [0.05, 0.1) is 24.4 Å². The Balaban J connectivity index is 1.34. The predicted molar refractivity (Wildman–Crippen MR) is 109 cm³/mol. The van der Waals surface area contributed by atoms with Crippen LogP contribution < -0.4 is 5.73 Å². The third-order valence-electron chi connectivity index (χ3n) is 6.39. The van der Waals surface area contributed by atoms with Crippen molar-refractivity contribution in [2.45, 2.75) is 30.8 Å². The molecule has 3 aromatic heterocycles. The summed E-state index contributed by atoms with van der Waals surface area (Å²) < 4.78 is 1.93. The number of nitrogens with two attached hydrogens (primary N) is 1. The number of rotatable bonds is 4. The number of hydrogen-bond acceptors (Lipinski definition) is 6. The average molecular weight is 405 g/mol. The maximum atomic E-state index is 11.3. The van der Waals surface area contributed by atoms with Crippen LogP contribution in [0.15, 0.2) is 31.0 Å². The summed E-state index contributed by atoms with van der Waals surface area (Å²) in [6.45, 7) is 2.92. The first-order valence-electron chi connectivity index (χ1n) is 10.1. The van der Waals surface area contributed by atoms with E-state index in [1.807, 2.05) is 29.3 Å². The van der Waals surface area contributed by atoms with Crippen LogP contribution in [0.3, 0.4) is 0 Å². The van der Waals surface area contributed by atoms with Gasteiger partial charge in [-0.15, -0.1) is 0 Å². The Kier molecular flexibility index (Phi) is 4.40. The van der Waals surface area contributed by atoms with E-state index < -0.39 is 0 Å². The standard InChI is InChI=1S/C20H23N9O/c21-5-4-20(11-28(12-20)15-2-7-27(8-3-15)19(22)30)29-10-14(9-26-29)17-16-1-6-23-18(16)25-13-24-17/h1,6,9-10,13,15H,2-4,7-8,11-12H2,(H2,22,30)(H,23,24,25). The lowest BCUT2D eigenvalue weighted by molar-refractivity contribution is -0.0400. The smallest absolute Gasteiger partial charge is 0.314 e. The molecule has 3 aromatic rings. The fourth-order valence-corrected chi connectivity index (χ4v) is 4.71. The van der Waals surface area contributed by atoms with Crippen molar-refractivity contribution in [3.8, 4) is 17.3 Å². The van der Waals surface area contributed by atoms with Gasteiger partial charge in [-0.2, -0.15) is 10.4 Å². The normalized spacial score (nSPS) is 19.5. The molecule has 10 heteroatoms. The molecule has 30 heavy (non-hydrogen) atoms. The molecular weight excluding hydrogens is 382 g/mol. The summed E-state index contributed by atoms with van der Waals surface area (Å²) in [5.74, 6) is 0. The summed E-state index contributed by atoms with van der Waals surface area (Å²) in [4.78, 5) is 27.2. The Morgan fingerprint density at radius 2 is 2.13 bits per heavy atom. The van der Waals surface area contributed by atoms with Crippen molar-refractivity contribution in [3.05, 3.63) is 31.0 Å². The molecule has 5 rings (SSSR count). The number of urea groups is 1. The molecule has 0 atom stereocenters. The van der Waals surface area contributed by atoms with E-state index in [1.54, 1.807) is 11.2 Å². The maximum Gasteiger partial charge on any atom is 0.314 e. The van der Waals surface area contributed by atoms with Crippen LogP contribution in [0.4, 0.5) is 4.79 Å². The lowest BCUT2D eigenvalue weighted by Crippen LogP contribution is -2.66. The number of piperidine rings is 1. The lowest BCUT2D eigenvalue weighted by atomic mass is 9.84. The second kappa shape index (κ2) is 7.11. The highest BCUT2D eigenvalue weighted by Crippen LogP contribution is 2.37. The summed E-state index contributed by atoms with van der Waals surface area (Å²) in [6.07, 6.45) is 9.39. The lowest BCUT2D eigenvalue weighted by Gasteiger charge is -2.53. The quantitative estimate of drug-likeness (QED) is 0.672. The van der Waals surface area contributed by atoms with E-state index in [9.17, 15) is 10.1 Å². The molecule has 2 aliphatic rings. The molecule has 0 radical (unpaired) electrons. The second-order valence-electron chi connectivity index (χ2n) is 8.16. The van der Waals surface area contributed by atoms with Crippen LogP contribution in [0.5, 0.6) is 0 Å². The summed E-state index contributed by atoms with van der Waals surface area (Å²) in [5.41, 5.74) is 7.58. The van der Waals surface area contributed by atoms with Crippen molar-refractivity contribution in [2.24, 2.45) is 5.73 Å². The molecule has 0 bridgehead atoms. The number of hydrogen-bond donors (Lipinski definition) is 2. The molecule has 0 aromatic carbocycles. The van der Waals surface area contributed by atoms with Gasteiger partial charge in [0.15, 0.2) is 0 Å². The highest BCUT2D eigenvalue weighted by molar-refractivity contribution is 5.90. The van der Waals surface area contributed by atoms with Crippen LogP contribution in [0.25, 0.3) is 22.3 Å². The Morgan fingerprint density at radius 3 is 2.87 bits per heavy atom. The van der Waals surface area contributed by atoms with Gasteiger partial charge in [0.2, 0.25) is 0 Å². The molecule has 10 nitrogen and oxygen atoms in total. The highest BCUT2D eigenvalue weighted by atomic mass is 16.2. The van der Waals surface area contributed by atoms with Gasteiger partial charge in [-0.1, -0.05) is 0 Å². The number of amides is 2. The molecule has 2 saturated heterocycles. The molecule has 0 spiro atoms. The molecule has 2 fully saturated rings. The van der Waals surface area contributed by atoms with E-state index in [0.29, 0.717) is 25.6 Å². The maximum absolute atomic E-state index is 11.3. The number of H-pyrrole nitrogens is 1. The monoisotopic (exact) mass is 405 g/mol. The number of nitrogens with one attached hydrogen (secondary N) is 1. The number of likely N-dealkylation sites (tertiary alicyclic amines) is 2. The molecule has 5 heterocycles. The Hall–Kier alpha value is -3.45. The van der Waals surface area contributed by atoms with Gasteiger partial charge in [-0.3, -0.25) is 9.58 Å². The molecule has 3 N–H and O–H groups in total. The fourth-order valence-electron chi connectivity index (χ4n) is 4.71. The molecule has 2 amide bonds. The van der Waals surface area contributed by atoms with Crippen molar-refractivity contribution < 1.29 is 4.79 Å². The number of aromatic nitrogens is 5. The molecule has 0 aliphatic carbocycles. The Bertz CT molecular complexity index is 1110. The van der Waals surface area contributed by atoms with Gasteiger partial charge in [-0.25, -0.2) is 14.8 Å². The molecule has 0 saturated carbocycles. The largest absolute Gasteiger partial charge is 0.351 e. The minimum atomic E-state index is -0.346. The van der Waals surface area contributed by atoms with Gasteiger partial charge in [-0.05, 0) is 18.9 Å². The Labute approximate surface area is 173 Å². The van der Waals surface area contributed by atoms with E-state index in [4.69, 9.17) is 5.73 Å². The summed E-state index contributed by atoms with van der Waals surface area (Å²) in [5, 5.41) is 15.0. The van der Waals surface area contributed by atoms with E-state index in [1.165, 1.54) is 0 Å². The average Bonchev–Trinajstić information content (AvgIpc) is 3.40. The first kappa shape index (κ1) is 18.6. The van der Waals surface area contributed by atoms with Crippen LogP contribution in [-0.4, -0.2) is 72.8 Å². The number of primary amides is 1. The number of aromatic amines is 1. The van der Waals surface area contributed by atoms with Crippen LogP contribution in [0.2, 0.25) is 0 Å². The van der Waals surface area contributed by atoms with Crippen LogP contribution in [-0.2, 0) is 5.54 Å². The summed E-state index contributed by atoms with van der Waals surface area (Å²) >= 11 is 0. The molecule has 154 valence electrons. The first-order valence-corrected chi connectivity index (χ1v) is 10.1. The number of carbonyl (C=O) groups is 1. The molecule has 2 aliphatic heterocycles. The number of nitriles is 1. The summed E-state index contributed by atoms with van der Waals surface area (Å²) in [6, 6.07) is 4.36. The minimum Gasteiger partial charge on any atom is -0.351 e. The number of carbonyl (C=O) groups excluding carboxylic acids is 1. The summed E-state index contributed by atoms with van der Waals surface area (Å²) in [7, 11) is 0. The van der Waals surface area contributed by atoms with Crippen LogP contribution >= 0.6 is 0 Å². The van der Waals surface area contributed by atoms with Crippen molar-refractivity contribution in [1.82, 2.24) is 34.5 Å². The van der Waals surface area contributed by atoms with Crippen molar-refractivity contribution in [2.75, 3.05) is 26.2 Å². The van der Waals surface area contributed by atoms with Gasteiger partial charge in [0.1, 0.15) is 17.5 Å². The second-order valence-corrected chi connectivity index (χ2v) is 8.16. The zero-order valence-electron chi connectivity index (χ0n) is 16.5. The van der Waals surface area contributed by atoms with Gasteiger partial charge < -0.3 is 15.6 Å². The number of nitrogens with zero attached hydrogens (tertiary/aromatic N) is 7. The molecule has 0 unspecified atom stereocenters. The van der Waals surface area contributed by atoms with Gasteiger partial charge in [0, 0.05) is 55.6 Å². The van der Waals surface area contributed by atoms with Gasteiger partial charge in [0.25, 0.3) is 0 Å². The number of fused-ring (bicyclic) bond motifs is 1. The van der Waals surface area contributed by atoms with Crippen molar-refractivity contribution in [3.63, 3.8) is 0 Å². The predicted octanol–water partition coefficient (Wildman–Crippen LogP) is 1.29. The van der Waals surface area contributed by atoms with Crippen molar-refractivity contribution in [1.29, 1.82) is 5.26 Å². The van der Waals surface area contributed by atoms with E-state index in [2.05, 4.69) is 31.0 Å². The van der Waals surface area contributed by atoms with Crippen LogP contribution in [0, 0.1) is 11.3 Å². The third-order valence-corrected chi connectivity index (χ3v) is 6.39. The zero-order chi connectivity index (χ0) is 20.7. The fraction of sp³-hybridized carbons (Fsp3) is 0.450. The minimum absolute atomic E-state index is 0.335. The molecular formula is C20H23N9O. The van der Waals surface area contributed by atoms with Crippen LogP contribution in [0.1, 0.15) is 19.3 Å². The SMILES string of the molecule is N#CCC1(n2cc(-c3ncnc4[nH]ccc34)cn2)CN(C2CCN(C(N)=O)CC2)C1. The van der Waals surface area contributed by atoms with E-state index in [-0.39, 0.29) is 11.6 Å². The van der Waals surface area contributed by atoms with Crippen molar-refractivity contribution >= 4 is 17.1 Å². The van der Waals surface area contributed by atoms with E-state index >= 15 is 0 Å². The van der Waals surface area contributed by atoms with Gasteiger partial charge >= 0.3 is 6.03 Å².